The van der Waals surface area contributed by atoms with Gasteiger partial charge in [0.2, 0.25) is 10.0 Å². The van der Waals surface area contributed by atoms with Crippen LogP contribution in [0.25, 0.3) is 0 Å². The third kappa shape index (κ3) is 2.26. The third-order valence-electron chi connectivity index (χ3n) is 3.60. The van der Waals surface area contributed by atoms with E-state index in [4.69, 9.17) is 0 Å². The van der Waals surface area contributed by atoms with E-state index in [-0.39, 0.29) is 4.90 Å². The van der Waals surface area contributed by atoms with Gasteiger partial charge in [-0.3, -0.25) is 0 Å². The highest BCUT2D eigenvalue weighted by Gasteiger charge is 2.34. The average molecular weight is 292 g/mol. The topological polar surface area (TPSA) is 71.3 Å². The molecule has 1 aliphatic rings. The van der Waals surface area contributed by atoms with Crippen LogP contribution in [0.15, 0.2) is 47.6 Å². The predicted octanol–water partition coefficient (Wildman–Crippen LogP) is 0.962. The first kappa shape index (κ1) is 13.4. The number of aliphatic hydroxyl groups is 1. The lowest BCUT2D eigenvalue weighted by molar-refractivity contribution is 0.151. The lowest BCUT2D eigenvalue weighted by Gasteiger charge is -2.17. The fourth-order valence-corrected chi connectivity index (χ4v) is 3.89. The molecule has 0 saturated heterocycles. The molecule has 2 aromatic rings. The van der Waals surface area contributed by atoms with E-state index in [9.17, 15) is 13.5 Å². The predicted molar refractivity (Wildman–Crippen MR) is 74.6 cm³/mol. The number of nitrogens with zero attached hydrogens (tertiary/aromatic N) is 1. The number of aryl methyl sites for hydroxylation is 1. The molecule has 0 amide bonds. The lowest BCUT2D eigenvalue weighted by Crippen LogP contribution is -2.33. The van der Waals surface area contributed by atoms with Crippen molar-refractivity contribution in [2.75, 3.05) is 0 Å². The van der Waals surface area contributed by atoms with E-state index in [0.717, 1.165) is 11.1 Å². The average Bonchev–Trinajstić information content (AvgIpc) is 2.95. The smallest absolute Gasteiger partial charge is 0.242 e. The summed E-state index contributed by atoms with van der Waals surface area (Å²) in [6.45, 7) is 0. The molecule has 1 aromatic heterocycles. The van der Waals surface area contributed by atoms with Crippen molar-refractivity contribution >= 4 is 10.0 Å². The Kier molecular flexibility index (Phi) is 3.16. The SMILES string of the molecule is Cn1ccc(S(=O)(=O)N[C@@H]2c3ccccc3C[C@@H]2O)c1. The Balaban J connectivity index is 1.92. The molecule has 3 rings (SSSR count). The summed E-state index contributed by atoms with van der Waals surface area (Å²) >= 11 is 0. The maximum absolute atomic E-state index is 12.3. The summed E-state index contributed by atoms with van der Waals surface area (Å²) in [5.74, 6) is 0. The highest BCUT2D eigenvalue weighted by atomic mass is 32.2. The molecule has 0 radical (unpaired) electrons. The van der Waals surface area contributed by atoms with Crippen molar-refractivity contribution in [2.24, 2.45) is 7.05 Å². The first-order valence-corrected chi connectivity index (χ1v) is 7.86. The minimum Gasteiger partial charge on any atom is -0.391 e. The van der Waals surface area contributed by atoms with Crippen molar-refractivity contribution in [3.8, 4) is 0 Å². The highest BCUT2D eigenvalue weighted by molar-refractivity contribution is 7.89. The molecule has 5 nitrogen and oxygen atoms in total. The first-order valence-electron chi connectivity index (χ1n) is 6.37. The molecule has 0 unspecified atom stereocenters. The number of fused-ring (bicyclic) bond motifs is 1. The minimum atomic E-state index is -3.63. The standard InChI is InChI=1S/C14H16N2O3S/c1-16-7-6-11(9-16)20(18,19)15-14-12-5-3-2-4-10(12)8-13(14)17/h2-7,9,13-15,17H,8H2,1H3/t13-,14+/m0/s1. The Morgan fingerprint density at radius 2 is 2.05 bits per heavy atom. The van der Waals surface area contributed by atoms with E-state index in [1.807, 2.05) is 24.3 Å². The Bertz CT molecular complexity index is 736. The van der Waals surface area contributed by atoms with E-state index >= 15 is 0 Å². The van der Waals surface area contributed by atoms with Crippen LogP contribution >= 0.6 is 0 Å². The summed E-state index contributed by atoms with van der Waals surface area (Å²) in [4.78, 5) is 0.205. The van der Waals surface area contributed by atoms with Crippen molar-refractivity contribution in [1.82, 2.24) is 9.29 Å². The summed E-state index contributed by atoms with van der Waals surface area (Å²) in [5, 5.41) is 10.1. The zero-order chi connectivity index (χ0) is 14.3. The Morgan fingerprint density at radius 1 is 1.30 bits per heavy atom. The van der Waals surface area contributed by atoms with Gasteiger partial charge in [-0.25, -0.2) is 13.1 Å². The molecule has 20 heavy (non-hydrogen) atoms. The molecule has 0 aliphatic heterocycles. The van der Waals surface area contributed by atoms with Gasteiger partial charge in [0.1, 0.15) is 0 Å². The number of rotatable bonds is 3. The molecule has 106 valence electrons. The quantitative estimate of drug-likeness (QED) is 0.885. The molecule has 2 N–H and O–H groups in total. The van der Waals surface area contributed by atoms with Crippen LogP contribution in [0.1, 0.15) is 17.2 Å². The maximum Gasteiger partial charge on any atom is 0.242 e. The van der Waals surface area contributed by atoms with Crippen LogP contribution in [0.4, 0.5) is 0 Å². The number of aliphatic hydroxyl groups excluding tert-OH is 1. The summed E-state index contributed by atoms with van der Waals surface area (Å²) in [6.07, 6.45) is 2.95. The molecular weight excluding hydrogens is 276 g/mol. The van der Waals surface area contributed by atoms with E-state index in [2.05, 4.69) is 4.72 Å². The van der Waals surface area contributed by atoms with Crippen LogP contribution in [0.3, 0.4) is 0 Å². The van der Waals surface area contributed by atoms with E-state index in [0.29, 0.717) is 6.42 Å². The fourth-order valence-electron chi connectivity index (χ4n) is 2.59. The van der Waals surface area contributed by atoms with Crippen molar-refractivity contribution < 1.29 is 13.5 Å². The summed E-state index contributed by atoms with van der Waals surface area (Å²) < 4.78 is 28.9. The van der Waals surface area contributed by atoms with Gasteiger partial charge >= 0.3 is 0 Å². The van der Waals surface area contributed by atoms with Crippen LogP contribution in [-0.2, 0) is 23.5 Å². The van der Waals surface area contributed by atoms with Gasteiger partial charge < -0.3 is 9.67 Å². The Morgan fingerprint density at radius 3 is 2.75 bits per heavy atom. The second-order valence-corrected chi connectivity index (χ2v) is 6.80. The molecule has 6 heteroatoms. The number of sulfonamides is 1. The van der Waals surface area contributed by atoms with Crippen LogP contribution in [0, 0.1) is 0 Å². The molecule has 0 bridgehead atoms. The van der Waals surface area contributed by atoms with Gasteiger partial charge in [-0.15, -0.1) is 0 Å². The summed E-state index contributed by atoms with van der Waals surface area (Å²) in [5.41, 5.74) is 1.83. The Hall–Kier alpha value is -1.63. The number of nitrogens with one attached hydrogen (secondary N) is 1. The van der Waals surface area contributed by atoms with Gasteiger partial charge in [-0.2, -0.15) is 0 Å². The molecule has 1 aromatic carbocycles. The number of benzene rings is 1. The largest absolute Gasteiger partial charge is 0.391 e. The first-order chi connectivity index (χ1) is 9.47. The van der Waals surface area contributed by atoms with E-state index in [1.165, 1.54) is 12.3 Å². The van der Waals surface area contributed by atoms with Crippen LogP contribution in [0.5, 0.6) is 0 Å². The van der Waals surface area contributed by atoms with Gasteiger partial charge in [0.05, 0.1) is 17.0 Å². The van der Waals surface area contributed by atoms with Crippen molar-refractivity contribution in [3.05, 3.63) is 53.9 Å². The molecule has 0 spiro atoms. The molecule has 0 fully saturated rings. The summed E-state index contributed by atoms with van der Waals surface area (Å²) in [6, 6.07) is 8.45. The second-order valence-electron chi connectivity index (χ2n) is 5.08. The molecule has 2 atom stereocenters. The maximum atomic E-state index is 12.3. The Labute approximate surface area is 117 Å². The number of aromatic nitrogens is 1. The highest BCUT2D eigenvalue weighted by Crippen LogP contribution is 2.32. The molecule has 1 heterocycles. The zero-order valence-corrected chi connectivity index (χ0v) is 11.8. The van der Waals surface area contributed by atoms with Crippen LogP contribution < -0.4 is 4.72 Å². The fraction of sp³-hybridized carbons (Fsp3) is 0.286. The molecule has 1 aliphatic carbocycles. The number of hydrogen-bond donors (Lipinski definition) is 2. The van der Waals surface area contributed by atoms with Crippen molar-refractivity contribution in [3.63, 3.8) is 0 Å². The van der Waals surface area contributed by atoms with E-state index in [1.54, 1.807) is 17.8 Å². The monoisotopic (exact) mass is 292 g/mol. The zero-order valence-electron chi connectivity index (χ0n) is 11.0. The second kappa shape index (κ2) is 4.73. The molecule has 0 saturated carbocycles. The van der Waals surface area contributed by atoms with Gasteiger partial charge in [-0.05, 0) is 17.2 Å². The normalized spacial score (nSPS) is 21.9. The van der Waals surface area contributed by atoms with Gasteiger partial charge in [-0.1, -0.05) is 24.3 Å². The summed E-state index contributed by atoms with van der Waals surface area (Å²) in [7, 11) is -1.87. The number of hydrogen-bond acceptors (Lipinski definition) is 3. The van der Waals surface area contributed by atoms with Gasteiger partial charge in [0, 0.05) is 25.9 Å². The van der Waals surface area contributed by atoms with Crippen molar-refractivity contribution in [2.45, 2.75) is 23.5 Å². The van der Waals surface area contributed by atoms with Crippen LogP contribution in [-0.4, -0.2) is 24.2 Å². The molecular formula is C14H16N2O3S. The van der Waals surface area contributed by atoms with Crippen LogP contribution in [0.2, 0.25) is 0 Å². The van der Waals surface area contributed by atoms with Gasteiger partial charge in [0.15, 0.2) is 0 Å². The van der Waals surface area contributed by atoms with E-state index < -0.39 is 22.2 Å². The van der Waals surface area contributed by atoms with Crippen molar-refractivity contribution in [1.29, 1.82) is 0 Å². The van der Waals surface area contributed by atoms with Gasteiger partial charge in [0.25, 0.3) is 0 Å². The lowest BCUT2D eigenvalue weighted by atomic mass is 10.1. The third-order valence-corrected chi connectivity index (χ3v) is 5.03. The minimum absolute atomic E-state index is 0.205.